The van der Waals surface area contributed by atoms with Gasteiger partial charge < -0.3 is 5.32 Å². The Morgan fingerprint density at radius 1 is 1.38 bits per heavy atom. The van der Waals surface area contributed by atoms with Crippen LogP contribution < -0.4 is 5.32 Å². The molecule has 1 heterocycles. The molecule has 1 N–H and O–H groups in total. The lowest BCUT2D eigenvalue weighted by molar-refractivity contribution is 0.196. The minimum Gasteiger partial charge on any atom is -0.314 e. The van der Waals surface area contributed by atoms with E-state index in [-0.39, 0.29) is 0 Å². The molecular weight excluding hydrogens is 196 g/mol. The minimum absolute atomic E-state index is 0.596. The second kappa shape index (κ2) is 5.69. The average molecular weight is 214 g/mol. The van der Waals surface area contributed by atoms with Gasteiger partial charge in [-0.25, -0.2) is 0 Å². The Bertz CT molecular complexity index is 375. The van der Waals surface area contributed by atoms with E-state index in [4.69, 9.17) is 0 Å². The molecule has 0 amide bonds. The molecule has 1 saturated heterocycles. The molecule has 0 saturated carbocycles. The van der Waals surface area contributed by atoms with Crippen molar-refractivity contribution < 1.29 is 0 Å². The van der Waals surface area contributed by atoms with Crippen LogP contribution in [0, 0.1) is 11.8 Å². The summed E-state index contributed by atoms with van der Waals surface area (Å²) in [5.41, 5.74) is 1.10. The van der Waals surface area contributed by atoms with Crippen LogP contribution in [0.3, 0.4) is 0 Å². The van der Waals surface area contributed by atoms with E-state index in [1.807, 2.05) is 30.3 Å². The minimum atomic E-state index is 0.596. The van der Waals surface area contributed by atoms with Crippen LogP contribution in [0.4, 0.5) is 0 Å². The number of nitrogens with zero attached hydrogens (tertiary/aromatic N) is 1. The fraction of sp³-hybridized carbons (Fsp3) is 0.429. The zero-order valence-corrected chi connectivity index (χ0v) is 9.74. The van der Waals surface area contributed by atoms with Crippen LogP contribution in [-0.4, -0.2) is 37.1 Å². The van der Waals surface area contributed by atoms with E-state index in [1.165, 1.54) is 0 Å². The predicted molar refractivity (Wildman–Crippen MR) is 67.2 cm³/mol. The summed E-state index contributed by atoms with van der Waals surface area (Å²) in [6.45, 7) is 6.38. The third-order valence-corrected chi connectivity index (χ3v) is 2.93. The van der Waals surface area contributed by atoms with Crippen molar-refractivity contribution in [1.29, 1.82) is 0 Å². The molecule has 0 aromatic heterocycles. The Labute approximate surface area is 97.7 Å². The summed E-state index contributed by atoms with van der Waals surface area (Å²) in [4.78, 5) is 2.42. The normalized spacial score (nSPS) is 21.2. The Morgan fingerprint density at radius 3 is 2.94 bits per heavy atom. The number of rotatable bonds is 1. The van der Waals surface area contributed by atoms with E-state index < -0.39 is 0 Å². The Kier molecular flexibility index (Phi) is 3.98. The fourth-order valence-corrected chi connectivity index (χ4v) is 1.88. The van der Waals surface area contributed by atoms with Crippen LogP contribution in [0.15, 0.2) is 30.3 Å². The maximum absolute atomic E-state index is 3.38. The molecule has 0 spiro atoms. The molecule has 0 bridgehead atoms. The fourth-order valence-electron chi connectivity index (χ4n) is 1.88. The molecule has 1 atom stereocenters. The lowest BCUT2D eigenvalue weighted by Crippen LogP contribution is -2.49. The summed E-state index contributed by atoms with van der Waals surface area (Å²) in [6, 6.07) is 10.8. The molecule has 84 valence electrons. The molecule has 1 aliphatic heterocycles. The average Bonchev–Trinajstić information content (AvgIpc) is 2.33. The SMILES string of the molecule is CC1CNCCN1CC#Cc1ccccc1. The maximum atomic E-state index is 3.38. The first-order valence-corrected chi connectivity index (χ1v) is 5.85. The van der Waals surface area contributed by atoms with Gasteiger partial charge in [-0.3, -0.25) is 4.90 Å². The van der Waals surface area contributed by atoms with Gasteiger partial charge in [0.15, 0.2) is 0 Å². The Hall–Kier alpha value is -1.30. The van der Waals surface area contributed by atoms with E-state index in [9.17, 15) is 0 Å². The molecule has 1 unspecified atom stereocenters. The molecular formula is C14H18N2. The van der Waals surface area contributed by atoms with E-state index in [0.29, 0.717) is 6.04 Å². The van der Waals surface area contributed by atoms with Crippen LogP contribution in [0.25, 0.3) is 0 Å². The van der Waals surface area contributed by atoms with Crippen LogP contribution in [0.1, 0.15) is 12.5 Å². The van der Waals surface area contributed by atoms with Gasteiger partial charge in [-0.2, -0.15) is 0 Å². The van der Waals surface area contributed by atoms with Gasteiger partial charge in [-0.1, -0.05) is 30.0 Å². The lowest BCUT2D eigenvalue weighted by atomic mass is 10.2. The van der Waals surface area contributed by atoms with Gasteiger partial charge in [0.05, 0.1) is 6.54 Å². The Balaban J connectivity index is 1.89. The van der Waals surface area contributed by atoms with Gasteiger partial charge in [0.25, 0.3) is 0 Å². The monoisotopic (exact) mass is 214 g/mol. The van der Waals surface area contributed by atoms with Crippen molar-refractivity contribution >= 4 is 0 Å². The van der Waals surface area contributed by atoms with Crippen molar-refractivity contribution in [2.75, 3.05) is 26.2 Å². The highest BCUT2D eigenvalue weighted by Crippen LogP contribution is 2.01. The summed E-state index contributed by atoms with van der Waals surface area (Å²) >= 11 is 0. The van der Waals surface area contributed by atoms with E-state index in [2.05, 4.69) is 29.0 Å². The van der Waals surface area contributed by atoms with Gasteiger partial charge in [-0.15, -0.1) is 0 Å². The molecule has 1 fully saturated rings. The number of benzene rings is 1. The van der Waals surface area contributed by atoms with Crippen molar-refractivity contribution in [3.63, 3.8) is 0 Å². The second-order valence-corrected chi connectivity index (χ2v) is 4.19. The number of piperazine rings is 1. The molecule has 2 heteroatoms. The van der Waals surface area contributed by atoms with Crippen molar-refractivity contribution in [2.45, 2.75) is 13.0 Å². The number of hydrogen-bond acceptors (Lipinski definition) is 2. The summed E-state index contributed by atoms with van der Waals surface area (Å²) in [5.74, 6) is 6.45. The molecule has 1 aromatic carbocycles. The summed E-state index contributed by atoms with van der Waals surface area (Å²) < 4.78 is 0. The standard InChI is InChI=1S/C14H18N2/c1-13-12-15-9-11-16(13)10-5-8-14-6-3-2-4-7-14/h2-4,6-7,13,15H,9-12H2,1H3. The molecule has 1 aromatic rings. The third-order valence-electron chi connectivity index (χ3n) is 2.93. The van der Waals surface area contributed by atoms with Crippen LogP contribution in [0.2, 0.25) is 0 Å². The largest absolute Gasteiger partial charge is 0.314 e. The first-order chi connectivity index (χ1) is 7.86. The van der Waals surface area contributed by atoms with Gasteiger partial charge >= 0.3 is 0 Å². The smallest absolute Gasteiger partial charge is 0.0608 e. The van der Waals surface area contributed by atoms with E-state index in [1.54, 1.807) is 0 Å². The first kappa shape index (κ1) is 11.2. The van der Waals surface area contributed by atoms with Crippen molar-refractivity contribution in [3.05, 3.63) is 35.9 Å². The van der Waals surface area contributed by atoms with Crippen molar-refractivity contribution in [1.82, 2.24) is 10.2 Å². The maximum Gasteiger partial charge on any atom is 0.0608 e. The van der Waals surface area contributed by atoms with Crippen LogP contribution in [0.5, 0.6) is 0 Å². The molecule has 1 aliphatic rings. The summed E-state index contributed by atoms with van der Waals surface area (Å²) in [7, 11) is 0. The zero-order valence-electron chi connectivity index (χ0n) is 9.74. The van der Waals surface area contributed by atoms with E-state index in [0.717, 1.165) is 31.7 Å². The lowest BCUT2D eigenvalue weighted by Gasteiger charge is -2.32. The number of nitrogens with one attached hydrogen (secondary N) is 1. The molecule has 0 radical (unpaired) electrons. The molecule has 0 aliphatic carbocycles. The van der Waals surface area contributed by atoms with Gasteiger partial charge in [0.1, 0.15) is 0 Å². The highest BCUT2D eigenvalue weighted by Gasteiger charge is 2.15. The van der Waals surface area contributed by atoms with Crippen LogP contribution >= 0.6 is 0 Å². The molecule has 2 rings (SSSR count). The topological polar surface area (TPSA) is 15.3 Å². The van der Waals surface area contributed by atoms with E-state index >= 15 is 0 Å². The quantitative estimate of drug-likeness (QED) is 0.710. The Morgan fingerprint density at radius 2 is 2.19 bits per heavy atom. The van der Waals surface area contributed by atoms with Crippen molar-refractivity contribution in [3.8, 4) is 11.8 Å². The highest BCUT2D eigenvalue weighted by molar-refractivity contribution is 5.33. The van der Waals surface area contributed by atoms with Gasteiger partial charge in [0, 0.05) is 31.2 Å². The third kappa shape index (κ3) is 3.10. The molecule has 2 nitrogen and oxygen atoms in total. The summed E-state index contributed by atoms with van der Waals surface area (Å²) in [5, 5.41) is 3.38. The summed E-state index contributed by atoms with van der Waals surface area (Å²) in [6.07, 6.45) is 0. The zero-order chi connectivity index (χ0) is 11.2. The van der Waals surface area contributed by atoms with Crippen molar-refractivity contribution in [2.24, 2.45) is 0 Å². The first-order valence-electron chi connectivity index (χ1n) is 5.85. The number of hydrogen-bond donors (Lipinski definition) is 1. The molecule has 16 heavy (non-hydrogen) atoms. The van der Waals surface area contributed by atoms with Gasteiger partial charge in [-0.05, 0) is 19.1 Å². The van der Waals surface area contributed by atoms with Gasteiger partial charge in [0.2, 0.25) is 0 Å². The highest BCUT2D eigenvalue weighted by atomic mass is 15.2. The van der Waals surface area contributed by atoms with Crippen LogP contribution in [-0.2, 0) is 0 Å². The second-order valence-electron chi connectivity index (χ2n) is 4.19. The predicted octanol–water partition coefficient (Wildman–Crippen LogP) is 1.33.